The lowest BCUT2D eigenvalue weighted by Gasteiger charge is -2.14. The van der Waals surface area contributed by atoms with Crippen molar-refractivity contribution in [2.75, 3.05) is 6.54 Å². The molecule has 0 saturated heterocycles. The van der Waals surface area contributed by atoms with Gasteiger partial charge in [0, 0.05) is 6.04 Å². The van der Waals surface area contributed by atoms with Crippen molar-refractivity contribution in [3.8, 4) is 0 Å². The van der Waals surface area contributed by atoms with Gasteiger partial charge in [-0.3, -0.25) is 9.59 Å². The average molecular weight is 213 g/mol. The lowest BCUT2D eigenvalue weighted by atomic mass is 10.1. The third kappa shape index (κ3) is 4.29. The zero-order valence-corrected chi connectivity index (χ0v) is 9.25. The van der Waals surface area contributed by atoms with Gasteiger partial charge in [0.25, 0.3) is 0 Å². The maximum Gasteiger partial charge on any atom is 0.239 e. The molecule has 1 atom stereocenters. The van der Waals surface area contributed by atoms with Gasteiger partial charge >= 0.3 is 0 Å². The first-order chi connectivity index (χ1) is 7.00. The van der Waals surface area contributed by atoms with Crippen LogP contribution in [-0.2, 0) is 9.59 Å². The van der Waals surface area contributed by atoms with Gasteiger partial charge in [0.1, 0.15) is 0 Å². The van der Waals surface area contributed by atoms with Gasteiger partial charge in [-0.1, -0.05) is 13.8 Å². The van der Waals surface area contributed by atoms with Gasteiger partial charge in [0.2, 0.25) is 11.8 Å². The SMILES string of the molecule is CC(C)[C@@H](N)C(=O)NCC(=O)NC1CC1. The predicted molar refractivity (Wildman–Crippen MR) is 57.0 cm³/mol. The molecule has 0 aromatic heterocycles. The Hall–Kier alpha value is -1.10. The highest BCUT2D eigenvalue weighted by molar-refractivity contribution is 5.87. The van der Waals surface area contributed by atoms with Crippen molar-refractivity contribution in [1.29, 1.82) is 0 Å². The minimum absolute atomic E-state index is 0.0236. The van der Waals surface area contributed by atoms with Crippen molar-refractivity contribution in [2.45, 2.75) is 38.8 Å². The van der Waals surface area contributed by atoms with E-state index in [1.807, 2.05) is 13.8 Å². The fraction of sp³-hybridized carbons (Fsp3) is 0.800. The van der Waals surface area contributed by atoms with E-state index in [0.29, 0.717) is 6.04 Å². The Balaban J connectivity index is 2.17. The second-order valence-electron chi connectivity index (χ2n) is 4.33. The zero-order chi connectivity index (χ0) is 11.4. The van der Waals surface area contributed by atoms with Crippen molar-refractivity contribution in [3.63, 3.8) is 0 Å². The van der Waals surface area contributed by atoms with E-state index in [-0.39, 0.29) is 24.3 Å². The Kier molecular flexibility index (Phi) is 4.08. The minimum Gasteiger partial charge on any atom is -0.352 e. The summed E-state index contributed by atoms with van der Waals surface area (Å²) in [7, 11) is 0. The van der Waals surface area contributed by atoms with Crippen LogP contribution in [0.5, 0.6) is 0 Å². The van der Waals surface area contributed by atoms with Crippen LogP contribution in [-0.4, -0.2) is 30.4 Å². The molecule has 0 heterocycles. The topological polar surface area (TPSA) is 84.2 Å². The summed E-state index contributed by atoms with van der Waals surface area (Å²) in [4.78, 5) is 22.6. The van der Waals surface area contributed by atoms with Crippen LogP contribution in [0.4, 0.5) is 0 Å². The summed E-state index contributed by atoms with van der Waals surface area (Å²) in [5.74, 6) is -0.325. The number of amides is 2. The third-order valence-electron chi connectivity index (χ3n) is 2.39. The molecule has 1 aliphatic rings. The van der Waals surface area contributed by atoms with Crippen LogP contribution in [0.15, 0.2) is 0 Å². The highest BCUT2D eigenvalue weighted by Crippen LogP contribution is 2.18. The Bertz CT molecular complexity index is 249. The van der Waals surface area contributed by atoms with Gasteiger partial charge in [-0.05, 0) is 18.8 Å². The van der Waals surface area contributed by atoms with Crippen LogP contribution in [0.25, 0.3) is 0 Å². The van der Waals surface area contributed by atoms with E-state index in [9.17, 15) is 9.59 Å². The quantitative estimate of drug-likeness (QED) is 0.568. The summed E-state index contributed by atoms with van der Waals surface area (Å²) in [5.41, 5.74) is 5.62. The van der Waals surface area contributed by atoms with Gasteiger partial charge in [0.15, 0.2) is 0 Å². The monoisotopic (exact) mass is 213 g/mol. The summed E-state index contributed by atoms with van der Waals surface area (Å²) < 4.78 is 0. The smallest absolute Gasteiger partial charge is 0.239 e. The molecule has 0 aromatic carbocycles. The fourth-order valence-corrected chi connectivity index (χ4v) is 1.09. The number of nitrogens with one attached hydrogen (secondary N) is 2. The van der Waals surface area contributed by atoms with Crippen LogP contribution >= 0.6 is 0 Å². The van der Waals surface area contributed by atoms with Crippen LogP contribution < -0.4 is 16.4 Å². The van der Waals surface area contributed by atoms with E-state index < -0.39 is 6.04 Å². The van der Waals surface area contributed by atoms with Crippen molar-refractivity contribution in [3.05, 3.63) is 0 Å². The molecule has 2 amide bonds. The molecule has 0 spiro atoms. The van der Waals surface area contributed by atoms with E-state index in [0.717, 1.165) is 12.8 Å². The highest BCUT2D eigenvalue weighted by Gasteiger charge is 2.23. The molecule has 0 aliphatic heterocycles. The molecule has 4 N–H and O–H groups in total. The van der Waals surface area contributed by atoms with Crippen molar-refractivity contribution < 1.29 is 9.59 Å². The Morgan fingerprint density at radius 3 is 2.47 bits per heavy atom. The lowest BCUT2D eigenvalue weighted by molar-refractivity contribution is -0.127. The van der Waals surface area contributed by atoms with Crippen molar-refractivity contribution in [2.24, 2.45) is 11.7 Å². The van der Waals surface area contributed by atoms with Gasteiger partial charge in [0.05, 0.1) is 12.6 Å². The van der Waals surface area contributed by atoms with Gasteiger partial charge in [-0.15, -0.1) is 0 Å². The summed E-state index contributed by atoms with van der Waals surface area (Å²) >= 11 is 0. The van der Waals surface area contributed by atoms with Gasteiger partial charge < -0.3 is 16.4 Å². The number of rotatable bonds is 5. The molecule has 0 bridgehead atoms. The van der Waals surface area contributed by atoms with Crippen LogP contribution in [0.2, 0.25) is 0 Å². The zero-order valence-electron chi connectivity index (χ0n) is 9.25. The number of carbonyl (C=O) groups is 2. The van der Waals surface area contributed by atoms with Crippen LogP contribution in [0.3, 0.4) is 0 Å². The number of hydrogen-bond donors (Lipinski definition) is 3. The summed E-state index contributed by atoms with van der Waals surface area (Å²) in [6.07, 6.45) is 2.09. The molecule has 1 saturated carbocycles. The minimum atomic E-state index is -0.543. The van der Waals surface area contributed by atoms with E-state index in [4.69, 9.17) is 5.73 Å². The molecule has 5 heteroatoms. The van der Waals surface area contributed by atoms with E-state index in [1.54, 1.807) is 0 Å². The first-order valence-corrected chi connectivity index (χ1v) is 5.33. The summed E-state index contributed by atoms with van der Waals surface area (Å²) in [5, 5.41) is 5.30. The number of nitrogens with two attached hydrogens (primary N) is 1. The number of hydrogen-bond acceptors (Lipinski definition) is 3. The van der Waals surface area contributed by atoms with Gasteiger partial charge in [-0.25, -0.2) is 0 Å². The van der Waals surface area contributed by atoms with Crippen molar-refractivity contribution >= 4 is 11.8 Å². The van der Waals surface area contributed by atoms with E-state index >= 15 is 0 Å². The first-order valence-electron chi connectivity index (χ1n) is 5.33. The lowest BCUT2D eigenvalue weighted by Crippen LogP contribution is -2.47. The third-order valence-corrected chi connectivity index (χ3v) is 2.39. The molecule has 1 aliphatic carbocycles. The average Bonchev–Trinajstić information content (AvgIpc) is 2.96. The molecule has 0 aromatic rings. The fourth-order valence-electron chi connectivity index (χ4n) is 1.09. The molecule has 86 valence electrons. The second kappa shape index (κ2) is 5.11. The normalized spacial score (nSPS) is 17.3. The highest BCUT2D eigenvalue weighted by atomic mass is 16.2. The molecule has 1 rings (SSSR count). The molecule has 5 nitrogen and oxygen atoms in total. The Morgan fingerprint density at radius 2 is 2.00 bits per heavy atom. The maximum absolute atomic E-state index is 11.4. The molecule has 0 radical (unpaired) electrons. The number of carbonyl (C=O) groups excluding carboxylic acids is 2. The van der Waals surface area contributed by atoms with Crippen LogP contribution in [0.1, 0.15) is 26.7 Å². The van der Waals surface area contributed by atoms with E-state index in [2.05, 4.69) is 10.6 Å². The molecular weight excluding hydrogens is 194 g/mol. The second-order valence-corrected chi connectivity index (χ2v) is 4.33. The molecule has 1 fully saturated rings. The summed E-state index contributed by atoms with van der Waals surface area (Å²) in [6, 6.07) is -0.216. The maximum atomic E-state index is 11.4. The Labute approximate surface area is 89.8 Å². The summed E-state index contributed by atoms with van der Waals surface area (Å²) in [6.45, 7) is 3.76. The largest absolute Gasteiger partial charge is 0.352 e. The standard InChI is InChI=1S/C10H19N3O2/c1-6(2)9(11)10(15)12-5-8(14)13-7-3-4-7/h6-7,9H,3-5,11H2,1-2H3,(H,12,15)(H,13,14)/t9-/m1/s1. The van der Waals surface area contributed by atoms with Gasteiger partial charge in [-0.2, -0.15) is 0 Å². The predicted octanol–water partition coefficient (Wildman–Crippen LogP) is -0.635. The van der Waals surface area contributed by atoms with Crippen LogP contribution in [0, 0.1) is 5.92 Å². The van der Waals surface area contributed by atoms with E-state index in [1.165, 1.54) is 0 Å². The Morgan fingerprint density at radius 1 is 1.40 bits per heavy atom. The first kappa shape index (κ1) is 12.0. The van der Waals surface area contributed by atoms with Crippen molar-refractivity contribution in [1.82, 2.24) is 10.6 Å². The molecule has 0 unspecified atom stereocenters. The molecule has 15 heavy (non-hydrogen) atoms. The molecular formula is C10H19N3O2.